The summed E-state index contributed by atoms with van der Waals surface area (Å²) in [4.78, 5) is 14.3. The van der Waals surface area contributed by atoms with Gasteiger partial charge in [-0.05, 0) is 31.0 Å². The van der Waals surface area contributed by atoms with Crippen LogP contribution in [0.2, 0.25) is 0 Å². The average molecular weight is 322 g/mol. The Morgan fingerprint density at radius 3 is 2.62 bits per heavy atom. The lowest BCUT2D eigenvalue weighted by atomic mass is 9.95. The highest BCUT2D eigenvalue weighted by Gasteiger charge is 2.28. The van der Waals surface area contributed by atoms with Gasteiger partial charge in [-0.2, -0.15) is 0 Å². The maximum Gasteiger partial charge on any atom is 0.257 e. The normalized spacial score (nSPS) is 15.6. The van der Waals surface area contributed by atoms with E-state index in [0.29, 0.717) is 11.5 Å². The van der Waals surface area contributed by atoms with E-state index in [4.69, 9.17) is 4.42 Å². The summed E-state index contributed by atoms with van der Waals surface area (Å²) in [5, 5.41) is 8.42. The smallest absolute Gasteiger partial charge is 0.257 e. The van der Waals surface area contributed by atoms with Crippen molar-refractivity contribution in [2.24, 2.45) is 0 Å². The number of amides is 1. The number of piperidine rings is 1. The van der Waals surface area contributed by atoms with Gasteiger partial charge >= 0.3 is 0 Å². The fourth-order valence-corrected chi connectivity index (χ4v) is 3.22. The Balaban J connectivity index is 1.47. The number of benzene rings is 1. The molecule has 122 valence electrons. The Labute approximate surface area is 139 Å². The minimum Gasteiger partial charge on any atom is -0.472 e. The van der Waals surface area contributed by atoms with Gasteiger partial charge in [0.25, 0.3) is 5.91 Å². The zero-order valence-electron chi connectivity index (χ0n) is 13.2. The van der Waals surface area contributed by atoms with Crippen LogP contribution in [0.3, 0.4) is 0 Å². The number of hydrogen-bond donors (Lipinski definition) is 0. The molecule has 3 aromatic rings. The van der Waals surface area contributed by atoms with Gasteiger partial charge in [-0.25, -0.2) is 0 Å². The second-order valence-corrected chi connectivity index (χ2v) is 5.97. The minimum atomic E-state index is 0.0340. The van der Waals surface area contributed by atoms with Gasteiger partial charge in [-0.1, -0.05) is 18.2 Å². The fraction of sp³-hybridized carbons (Fsp3) is 0.278. The molecule has 2 aromatic heterocycles. The molecular formula is C18H18N4O2. The lowest BCUT2D eigenvalue weighted by Crippen LogP contribution is -2.38. The Morgan fingerprint density at radius 2 is 1.92 bits per heavy atom. The molecule has 3 heterocycles. The van der Waals surface area contributed by atoms with E-state index in [1.165, 1.54) is 12.5 Å². The van der Waals surface area contributed by atoms with E-state index in [1.54, 1.807) is 12.4 Å². The van der Waals surface area contributed by atoms with E-state index < -0.39 is 0 Å². The van der Waals surface area contributed by atoms with Crippen molar-refractivity contribution in [2.45, 2.75) is 18.8 Å². The quantitative estimate of drug-likeness (QED) is 0.744. The SMILES string of the molecule is O=C(c1ccoc1)N1CCC(c2nncn2-c2ccccc2)CC1. The summed E-state index contributed by atoms with van der Waals surface area (Å²) in [6.45, 7) is 1.44. The van der Waals surface area contributed by atoms with Crippen LogP contribution in [-0.2, 0) is 0 Å². The lowest BCUT2D eigenvalue weighted by molar-refractivity contribution is 0.0710. The summed E-state index contributed by atoms with van der Waals surface area (Å²) in [7, 11) is 0. The molecular weight excluding hydrogens is 304 g/mol. The van der Waals surface area contributed by atoms with Gasteiger partial charge in [-0.15, -0.1) is 10.2 Å². The van der Waals surface area contributed by atoms with Crippen molar-refractivity contribution in [3.05, 3.63) is 66.6 Å². The molecule has 0 spiro atoms. The zero-order chi connectivity index (χ0) is 16.4. The van der Waals surface area contributed by atoms with Crippen LogP contribution in [0.4, 0.5) is 0 Å². The Hall–Kier alpha value is -2.89. The molecule has 6 heteroatoms. The molecule has 0 atom stereocenters. The number of nitrogens with zero attached hydrogens (tertiary/aromatic N) is 4. The molecule has 1 aliphatic rings. The van der Waals surface area contributed by atoms with Crippen molar-refractivity contribution < 1.29 is 9.21 Å². The number of furan rings is 1. The molecule has 0 N–H and O–H groups in total. The van der Waals surface area contributed by atoms with Gasteiger partial charge in [0.2, 0.25) is 0 Å². The third-order valence-electron chi connectivity index (χ3n) is 4.52. The Bertz CT molecular complexity index is 803. The van der Waals surface area contributed by atoms with E-state index in [9.17, 15) is 4.79 Å². The molecule has 0 radical (unpaired) electrons. The first-order chi connectivity index (χ1) is 11.8. The van der Waals surface area contributed by atoms with Crippen LogP contribution in [0.5, 0.6) is 0 Å². The van der Waals surface area contributed by atoms with Crippen molar-refractivity contribution in [3.63, 3.8) is 0 Å². The molecule has 6 nitrogen and oxygen atoms in total. The first-order valence-corrected chi connectivity index (χ1v) is 8.10. The highest BCUT2D eigenvalue weighted by molar-refractivity contribution is 5.93. The lowest BCUT2D eigenvalue weighted by Gasteiger charge is -2.31. The molecule has 0 saturated carbocycles. The largest absolute Gasteiger partial charge is 0.472 e. The average Bonchev–Trinajstić information content (AvgIpc) is 3.34. The molecule has 1 saturated heterocycles. The van der Waals surface area contributed by atoms with E-state index in [0.717, 1.165) is 37.4 Å². The molecule has 1 fully saturated rings. The van der Waals surface area contributed by atoms with Crippen molar-refractivity contribution in [1.82, 2.24) is 19.7 Å². The maximum absolute atomic E-state index is 12.4. The van der Waals surface area contributed by atoms with Crippen LogP contribution in [-0.4, -0.2) is 38.7 Å². The predicted molar refractivity (Wildman–Crippen MR) is 87.9 cm³/mol. The third kappa shape index (κ3) is 2.71. The second-order valence-electron chi connectivity index (χ2n) is 5.97. The van der Waals surface area contributed by atoms with Crippen molar-refractivity contribution >= 4 is 5.91 Å². The van der Waals surface area contributed by atoms with Gasteiger partial charge in [-0.3, -0.25) is 9.36 Å². The van der Waals surface area contributed by atoms with Crippen molar-refractivity contribution in [3.8, 4) is 5.69 Å². The number of para-hydroxylation sites is 1. The summed E-state index contributed by atoms with van der Waals surface area (Å²) >= 11 is 0. The molecule has 1 aliphatic heterocycles. The standard InChI is InChI=1S/C18H18N4O2/c23-18(15-8-11-24-12-15)21-9-6-14(7-10-21)17-20-19-13-22(17)16-4-2-1-3-5-16/h1-5,8,11-14H,6-7,9-10H2. The molecule has 0 unspecified atom stereocenters. The predicted octanol–water partition coefficient (Wildman–Crippen LogP) is 2.88. The first-order valence-electron chi connectivity index (χ1n) is 8.10. The highest BCUT2D eigenvalue weighted by atomic mass is 16.3. The summed E-state index contributed by atoms with van der Waals surface area (Å²) in [6.07, 6.45) is 6.56. The molecule has 1 aromatic carbocycles. The summed E-state index contributed by atoms with van der Waals surface area (Å²) in [6, 6.07) is 11.8. The third-order valence-corrected chi connectivity index (χ3v) is 4.52. The van der Waals surface area contributed by atoms with Crippen LogP contribution >= 0.6 is 0 Å². The van der Waals surface area contributed by atoms with E-state index in [1.807, 2.05) is 39.8 Å². The monoisotopic (exact) mass is 322 g/mol. The van der Waals surface area contributed by atoms with E-state index >= 15 is 0 Å². The molecule has 4 rings (SSSR count). The van der Waals surface area contributed by atoms with Crippen LogP contribution in [0.1, 0.15) is 34.9 Å². The summed E-state index contributed by atoms with van der Waals surface area (Å²) in [5.74, 6) is 1.31. The first kappa shape index (κ1) is 14.7. The van der Waals surface area contributed by atoms with Gasteiger partial charge in [0.05, 0.1) is 11.8 Å². The van der Waals surface area contributed by atoms with Crippen LogP contribution in [0.15, 0.2) is 59.7 Å². The summed E-state index contributed by atoms with van der Waals surface area (Å²) in [5.41, 5.74) is 1.68. The van der Waals surface area contributed by atoms with Gasteiger partial charge in [0.15, 0.2) is 0 Å². The van der Waals surface area contributed by atoms with Crippen LogP contribution in [0.25, 0.3) is 5.69 Å². The van der Waals surface area contributed by atoms with E-state index in [-0.39, 0.29) is 5.91 Å². The molecule has 1 amide bonds. The van der Waals surface area contributed by atoms with Crippen LogP contribution < -0.4 is 0 Å². The van der Waals surface area contributed by atoms with Gasteiger partial charge in [0, 0.05) is 24.7 Å². The Morgan fingerprint density at radius 1 is 1.12 bits per heavy atom. The fourth-order valence-electron chi connectivity index (χ4n) is 3.22. The van der Waals surface area contributed by atoms with Crippen molar-refractivity contribution in [1.29, 1.82) is 0 Å². The Kier molecular flexibility index (Phi) is 3.86. The number of carbonyl (C=O) groups excluding carboxylic acids is 1. The van der Waals surface area contributed by atoms with Gasteiger partial charge < -0.3 is 9.32 Å². The highest BCUT2D eigenvalue weighted by Crippen LogP contribution is 2.28. The molecule has 24 heavy (non-hydrogen) atoms. The van der Waals surface area contributed by atoms with Crippen molar-refractivity contribution in [2.75, 3.05) is 13.1 Å². The van der Waals surface area contributed by atoms with Crippen LogP contribution in [0, 0.1) is 0 Å². The van der Waals surface area contributed by atoms with Gasteiger partial charge in [0.1, 0.15) is 18.4 Å². The summed E-state index contributed by atoms with van der Waals surface area (Å²) < 4.78 is 7.04. The number of carbonyl (C=O) groups is 1. The number of likely N-dealkylation sites (tertiary alicyclic amines) is 1. The number of hydrogen-bond acceptors (Lipinski definition) is 4. The second kappa shape index (κ2) is 6.31. The minimum absolute atomic E-state index is 0.0340. The molecule has 0 bridgehead atoms. The maximum atomic E-state index is 12.4. The number of rotatable bonds is 3. The number of aromatic nitrogens is 3. The van der Waals surface area contributed by atoms with E-state index in [2.05, 4.69) is 10.2 Å². The zero-order valence-corrected chi connectivity index (χ0v) is 13.2. The topological polar surface area (TPSA) is 64.2 Å². The molecule has 0 aliphatic carbocycles.